The first-order valence-electron chi connectivity index (χ1n) is 8.00. The van der Waals surface area contributed by atoms with Gasteiger partial charge < -0.3 is 9.32 Å². The Hall–Kier alpha value is -2.31. The molecule has 0 saturated heterocycles. The van der Waals surface area contributed by atoms with E-state index in [0.29, 0.717) is 10.8 Å². The molecule has 0 N–H and O–H groups in total. The second-order valence-electron chi connectivity index (χ2n) is 6.08. The Balaban J connectivity index is 1.77. The zero-order chi connectivity index (χ0) is 18.9. The van der Waals surface area contributed by atoms with Crippen LogP contribution in [0.3, 0.4) is 0 Å². The number of amides is 1. The number of carbonyl (C=O) groups is 1. The van der Waals surface area contributed by atoms with Crippen LogP contribution in [0.15, 0.2) is 63.9 Å². The second kappa shape index (κ2) is 7.13. The van der Waals surface area contributed by atoms with Crippen molar-refractivity contribution < 1.29 is 17.6 Å². The molecular formula is C19H18ClNO4S. The predicted molar refractivity (Wildman–Crippen MR) is 101 cm³/mol. The fraction of sp³-hybridized carbons (Fsp3) is 0.211. The molecule has 0 aliphatic carbocycles. The summed E-state index contributed by atoms with van der Waals surface area (Å²) in [7, 11) is -2.18. The van der Waals surface area contributed by atoms with Crippen LogP contribution in [0.25, 0.3) is 11.0 Å². The number of benzene rings is 2. The van der Waals surface area contributed by atoms with Crippen LogP contribution >= 0.6 is 11.6 Å². The number of nitrogens with zero attached hydrogens (tertiary/aromatic N) is 1. The summed E-state index contributed by atoms with van der Waals surface area (Å²) in [5.74, 6) is -0.519. The van der Waals surface area contributed by atoms with Crippen LogP contribution in [-0.4, -0.2) is 32.0 Å². The SMILES string of the molecule is CC(c1cc2ccccc2o1)N(C)C(=O)CS(=O)(=O)c1ccc(Cl)cc1. The van der Waals surface area contributed by atoms with Gasteiger partial charge in [0.25, 0.3) is 0 Å². The van der Waals surface area contributed by atoms with E-state index in [9.17, 15) is 13.2 Å². The molecular weight excluding hydrogens is 374 g/mol. The lowest BCUT2D eigenvalue weighted by atomic mass is 10.2. The molecule has 7 heteroatoms. The Morgan fingerprint density at radius 1 is 1.15 bits per heavy atom. The van der Waals surface area contributed by atoms with Gasteiger partial charge in [0.1, 0.15) is 17.1 Å². The van der Waals surface area contributed by atoms with Crippen molar-refractivity contribution in [2.75, 3.05) is 12.8 Å². The maximum absolute atomic E-state index is 12.5. The predicted octanol–water partition coefficient (Wildman–Crippen LogP) is 4.08. The van der Waals surface area contributed by atoms with Crippen LogP contribution in [0.4, 0.5) is 0 Å². The zero-order valence-corrected chi connectivity index (χ0v) is 15.9. The van der Waals surface area contributed by atoms with E-state index in [-0.39, 0.29) is 4.90 Å². The smallest absolute Gasteiger partial charge is 0.238 e. The molecule has 5 nitrogen and oxygen atoms in total. The average Bonchev–Trinajstić information content (AvgIpc) is 3.04. The summed E-state index contributed by atoms with van der Waals surface area (Å²) in [5.41, 5.74) is 0.726. The van der Waals surface area contributed by atoms with Crippen molar-refractivity contribution in [1.82, 2.24) is 4.90 Å². The van der Waals surface area contributed by atoms with Crippen molar-refractivity contribution in [2.45, 2.75) is 17.9 Å². The first-order chi connectivity index (χ1) is 12.3. The fourth-order valence-electron chi connectivity index (χ4n) is 2.60. The van der Waals surface area contributed by atoms with E-state index in [1.165, 1.54) is 29.2 Å². The number of rotatable bonds is 5. The van der Waals surface area contributed by atoms with Crippen LogP contribution in [-0.2, 0) is 14.6 Å². The topological polar surface area (TPSA) is 67.6 Å². The lowest BCUT2D eigenvalue weighted by molar-refractivity contribution is -0.129. The number of furan rings is 1. The minimum absolute atomic E-state index is 0.0695. The minimum atomic E-state index is -3.74. The molecule has 2 aromatic carbocycles. The Kier molecular flexibility index (Phi) is 5.07. The van der Waals surface area contributed by atoms with Crippen LogP contribution in [0.5, 0.6) is 0 Å². The summed E-state index contributed by atoms with van der Waals surface area (Å²) in [4.78, 5) is 14.0. The molecule has 0 radical (unpaired) electrons. The van der Waals surface area contributed by atoms with E-state index in [4.69, 9.17) is 16.0 Å². The van der Waals surface area contributed by atoms with Gasteiger partial charge in [-0.2, -0.15) is 0 Å². The van der Waals surface area contributed by atoms with E-state index < -0.39 is 27.5 Å². The van der Waals surface area contributed by atoms with E-state index >= 15 is 0 Å². The van der Waals surface area contributed by atoms with Crippen molar-refractivity contribution in [3.05, 3.63) is 65.4 Å². The van der Waals surface area contributed by atoms with E-state index in [2.05, 4.69) is 0 Å². The number of sulfone groups is 1. The molecule has 1 unspecified atom stereocenters. The first kappa shape index (κ1) is 18.5. The quantitative estimate of drug-likeness (QED) is 0.657. The van der Waals surface area contributed by atoms with Gasteiger partial charge in [0.05, 0.1) is 10.9 Å². The number of hydrogen-bond donors (Lipinski definition) is 0. The van der Waals surface area contributed by atoms with Crippen LogP contribution < -0.4 is 0 Å². The molecule has 136 valence electrons. The lowest BCUT2D eigenvalue weighted by Crippen LogP contribution is -2.34. The minimum Gasteiger partial charge on any atom is -0.459 e. The van der Waals surface area contributed by atoms with Crippen molar-refractivity contribution >= 4 is 38.3 Å². The largest absolute Gasteiger partial charge is 0.459 e. The van der Waals surface area contributed by atoms with E-state index in [0.717, 1.165) is 11.0 Å². The van der Waals surface area contributed by atoms with Gasteiger partial charge >= 0.3 is 0 Å². The van der Waals surface area contributed by atoms with Crippen molar-refractivity contribution in [2.24, 2.45) is 0 Å². The van der Waals surface area contributed by atoms with Gasteiger partial charge in [-0.15, -0.1) is 0 Å². The summed E-state index contributed by atoms with van der Waals surface area (Å²) < 4.78 is 30.7. The molecule has 0 aliphatic heterocycles. The lowest BCUT2D eigenvalue weighted by Gasteiger charge is -2.23. The second-order valence-corrected chi connectivity index (χ2v) is 8.51. The first-order valence-corrected chi connectivity index (χ1v) is 10.0. The Morgan fingerprint density at radius 2 is 1.81 bits per heavy atom. The summed E-state index contributed by atoms with van der Waals surface area (Å²) in [5, 5.41) is 1.37. The molecule has 26 heavy (non-hydrogen) atoms. The van der Waals surface area contributed by atoms with Gasteiger partial charge in [-0.25, -0.2) is 8.42 Å². The molecule has 0 fully saturated rings. The molecule has 3 aromatic rings. The number of hydrogen-bond acceptors (Lipinski definition) is 4. The molecule has 1 amide bonds. The van der Waals surface area contributed by atoms with Crippen molar-refractivity contribution in [1.29, 1.82) is 0 Å². The zero-order valence-electron chi connectivity index (χ0n) is 14.3. The Labute approximate surface area is 157 Å². The summed E-state index contributed by atoms with van der Waals surface area (Å²) >= 11 is 5.78. The normalized spacial score (nSPS) is 12.9. The van der Waals surface area contributed by atoms with E-state index in [1.54, 1.807) is 14.0 Å². The summed E-state index contributed by atoms with van der Waals surface area (Å²) in [6, 6.07) is 14.8. The van der Waals surface area contributed by atoms with Gasteiger partial charge in [-0.1, -0.05) is 29.8 Å². The van der Waals surface area contributed by atoms with Crippen molar-refractivity contribution in [3.8, 4) is 0 Å². The highest BCUT2D eigenvalue weighted by Gasteiger charge is 2.26. The van der Waals surface area contributed by atoms with Crippen molar-refractivity contribution in [3.63, 3.8) is 0 Å². The highest BCUT2D eigenvalue weighted by Crippen LogP contribution is 2.27. The number of para-hydroxylation sites is 1. The summed E-state index contributed by atoms with van der Waals surface area (Å²) in [6.07, 6.45) is 0. The molecule has 0 saturated carbocycles. The Bertz CT molecular complexity index is 1010. The Morgan fingerprint density at radius 3 is 2.46 bits per heavy atom. The average molecular weight is 392 g/mol. The number of halogens is 1. The maximum atomic E-state index is 12.5. The van der Waals surface area contributed by atoms with E-state index in [1.807, 2.05) is 30.3 Å². The standard InChI is InChI=1S/C19H18ClNO4S/c1-13(18-11-14-5-3-4-6-17(14)25-18)21(2)19(22)12-26(23,24)16-9-7-15(20)8-10-16/h3-11,13H,12H2,1-2H3. The van der Waals surface area contributed by atoms with Crippen LogP contribution in [0.2, 0.25) is 5.02 Å². The number of fused-ring (bicyclic) bond motifs is 1. The molecule has 0 bridgehead atoms. The third kappa shape index (κ3) is 3.76. The highest BCUT2D eigenvalue weighted by molar-refractivity contribution is 7.92. The van der Waals surface area contributed by atoms with Gasteiger partial charge in [0.15, 0.2) is 9.84 Å². The molecule has 0 spiro atoms. The van der Waals surface area contributed by atoms with Crippen LogP contribution in [0, 0.1) is 0 Å². The number of carbonyl (C=O) groups excluding carboxylic acids is 1. The molecule has 1 atom stereocenters. The van der Waals surface area contributed by atoms with Gasteiger partial charge in [-0.3, -0.25) is 4.79 Å². The third-order valence-electron chi connectivity index (χ3n) is 4.32. The van der Waals surface area contributed by atoms with Gasteiger partial charge in [-0.05, 0) is 43.3 Å². The monoisotopic (exact) mass is 391 g/mol. The molecule has 1 aromatic heterocycles. The third-order valence-corrected chi connectivity index (χ3v) is 6.19. The molecule has 0 aliphatic rings. The highest BCUT2D eigenvalue weighted by atomic mass is 35.5. The fourth-order valence-corrected chi connectivity index (χ4v) is 3.98. The molecule has 1 heterocycles. The van der Waals surface area contributed by atoms with Gasteiger partial charge in [0.2, 0.25) is 5.91 Å². The van der Waals surface area contributed by atoms with Crippen LogP contribution in [0.1, 0.15) is 18.7 Å². The van der Waals surface area contributed by atoms with Gasteiger partial charge in [0, 0.05) is 17.5 Å². The summed E-state index contributed by atoms with van der Waals surface area (Å²) in [6.45, 7) is 1.80. The maximum Gasteiger partial charge on any atom is 0.238 e. The molecule has 3 rings (SSSR count).